The van der Waals surface area contributed by atoms with Crippen molar-refractivity contribution in [2.45, 2.75) is 45.6 Å². The van der Waals surface area contributed by atoms with Crippen molar-refractivity contribution in [1.82, 2.24) is 15.5 Å². The summed E-state index contributed by atoms with van der Waals surface area (Å²) in [5.41, 5.74) is 0. The van der Waals surface area contributed by atoms with E-state index in [9.17, 15) is 4.79 Å². The predicted molar refractivity (Wildman–Crippen MR) is 71.1 cm³/mol. The quantitative estimate of drug-likeness (QED) is 0.791. The van der Waals surface area contributed by atoms with E-state index in [1.807, 2.05) is 13.8 Å². The van der Waals surface area contributed by atoms with Gasteiger partial charge in [-0.25, -0.2) is 4.79 Å². The molecule has 1 aliphatic heterocycles. The van der Waals surface area contributed by atoms with Gasteiger partial charge in [-0.1, -0.05) is 13.8 Å². The minimum atomic E-state index is 0.0192. The van der Waals surface area contributed by atoms with Crippen molar-refractivity contribution in [3.63, 3.8) is 0 Å². The second kappa shape index (κ2) is 7.54. The molecule has 1 saturated heterocycles. The minimum absolute atomic E-state index is 0.0192. The fourth-order valence-corrected chi connectivity index (χ4v) is 2.14. The fraction of sp³-hybridized carbons (Fsp3) is 0.923. The lowest BCUT2D eigenvalue weighted by Crippen LogP contribution is -2.43. The van der Waals surface area contributed by atoms with Gasteiger partial charge in [0, 0.05) is 19.1 Å². The summed E-state index contributed by atoms with van der Waals surface area (Å²) in [5.74, 6) is 0.633. The number of piperidine rings is 1. The average Bonchev–Trinajstić information content (AvgIpc) is 3.13. The number of amides is 2. The predicted octanol–water partition coefficient (Wildman–Crippen LogP) is 1.82. The zero-order valence-corrected chi connectivity index (χ0v) is 11.5. The number of carbonyl (C=O) groups is 1. The largest absolute Gasteiger partial charge is 0.338 e. The first-order valence-corrected chi connectivity index (χ1v) is 6.97. The van der Waals surface area contributed by atoms with Gasteiger partial charge in [0.15, 0.2) is 0 Å². The molecule has 0 bridgehead atoms. The number of hydrogen-bond acceptors (Lipinski definition) is 2. The Bertz CT molecular complexity index is 229. The molecule has 0 aromatic rings. The highest BCUT2D eigenvalue weighted by Crippen LogP contribution is 2.18. The summed E-state index contributed by atoms with van der Waals surface area (Å²) in [4.78, 5) is 13.7. The zero-order valence-electron chi connectivity index (χ0n) is 11.5. The second-order valence-electron chi connectivity index (χ2n) is 4.90. The molecule has 1 saturated carbocycles. The van der Waals surface area contributed by atoms with Crippen LogP contribution in [0.15, 0.2) is 0 Å². The van der Waals surface area contributed by atoms with Crippen LogP contribution >= 0.6 is 0 Å². The number of rotatable bonds is 3. The number of hydrogen-bond donors (Lipinski definition) is 2. The Morgan fingerprint density at radius 1 is 1.29 bits per heavy atom. The third-order valence-corrected chi connectivity index (χ3v) is 3.19. The standard InChI is InChI=1S/C11H21N3O.C2H6/c1-14-6-2-3-9(8-14)7-12-11(15)13-10-4-5-10;1-2/h9-10H,2-8H2,1H3,(H2,12,13,15);1-2H3. The van der Waals surface area contributed by atoms with Crippen LogP contribution in [0.25, 0.3) is 0 Å². The van der Waals surface area contributed by atoms with Gasteiger partial charge >= 0.3 is 6.03 Å². The van der Waals surface area contributed by atoms with Crippen molar-refractivity contribution >= 4 is 6.03 Å². The Kier molecular flexibility index (Phi) is 6.34. The summed E-state index contributed by atoms with van der Waals surface area (Å²) in [6, 6.07) is 0.477. The van der Waals surface area contributed by atoms with E-state index >= 15 is 0 Å². The van der Waals surface area contributed by atoms with Crippen LogP contribution < -0.4 is 10.6 Å². The minimum Gasteiger partial charge on any atom is -0.338 e. The summed E-state index contributed by atoms with van der Waals surface area (Å²) in [6.45, 7) is 7.14. The van der Waals surface area contributed by atoms with E-state index in [4.69, 9.17) is 0 Å². The number of urea groups is 1. The molecule has 2 rings (SSSR count). The maximum absolute atomic E-state index is 11.4. The monoisotopic (exact) mass is 241 g/mol. The molecule has 4 heteroatoms. The van der Waals surface area contributed by atoms with E-state index in [1.165, 1.54) is 19.4 Å². The molecule has 1 aliphatic carbocycles. The van der Waals surface area contributed by atoms with Crippen LogP contribution in [-0.4, -0.2) is 43.7 Å². The summed E-state index contributed by atoms with van der Waals surface area (Å²) >= 11 is 0. The summed E-state index contributed by atoms with van der Waals surface area (Å²) in [6.07, 6.45) is 4.81. The van der Waals surface area contributed by atoms with Crippen molar-refractivity contribution in [3.05, 3.63) is 0 Å². The molecule has 0 aromatic carbocycles. The third kappa shape index (κ3) is 5.91. The molecule has 4 nitrogen and oxygen atoms in total. The number of carbonyl (C=O) groups excluding carboxylic acids is 1. The first kappa shape index (κ1) is 14.3. The van der Waals surface area contributed by atoms with Gasteiger partial charge < -0.3 is 15.5 Å². The molecular weight excluding hydrogens is 214 g/mol. The van der Waals surface area contributed by atoms with Crippen molar-refractivity contribution < 1.29 is 4.79 Å². The zero-order chi connectivity index (χ0) is 12.7. The lowest BCUT2D eigenvalue weighted by molar-refractivity contribution is 0.202. The van der Waals surface area contributed by atoms with Crippen molar-refractivity contribution in [1.29, 1.82) is 0 Å². The smallest absolute Gasteiger partial charge is 0.315 e. The van der Waals surface area contributed by atoms with Gasteiger partial charge in [-0.3, -0.25) is 0 Å². The second-order valence-corrected chi connectivity index (χ2v) is 4.90. The molecule has 2 N–H and O–H groups in total. The molecule has 0 aromatic heterocycles. The van der Waals surface area contributed by atoms with Crippen LogP contribution in [0.2, 0.25) is 0 Å². The fourth-order valence-electron chi connectivity index (χ4n) is 2.14. The molecule has 1 unspecified atom stereocenters. The Hall–Kier alpha value is -0.770. The molecule has 1 atom stereocenters. The first-order valence-electron chi connectivity index (χ1n) is 6.97. The van der Waals surface area contributed by atoms with E-state index in [1.54, 1.807) is 0 Å². The van der Waals surface area contributed by atoms with Crippen molar-refractivity contribution in [3.8, 4) is 0 Å². The Balaban J connectivity index is 0.000000686. The molecule has 100 valence electrons. The van der Waals surface area contributed by atoms with Crippen LogP contribution in [0.4, 0.5) is 4.79 Å². The van der Waals surface area contributed by atoms with Crippen LogP contribution in [0, 0.1) is 5.92 Å². The molecule has 0 radical (unpaired) electrons. The van der Waals surface area contributed by atoms with Crippen LogP contribution in [-0.2, 0) is 0 Å². The van der Waals surface area contributed by atoms with E-state index in [-0.39, 0.29) is 6.03 Å². The van der Waals surface area contributed by atoms with E-state index in [0.29, 0.717) is 12.0 Å². The summed E-state index contributed by atoms with van der Waals surface area (Å²) in [7, 11) is 2.15. The van der Waals surface area contributed by atoms with Gasteiger partial charge in [-0.15, -0.1) is 0 Å². The molecule has 17 heavy (non-hydrogen) atoms. The summed E-state index contributed by atoms with van der Waals surface area (Å²) < 4.78 is 0. The topological polar surface area (TPSA) is 44.4 Å². The summed E-state index contributed by atoms with van der Waals surface area (Å²) in [5, 5.41) is 5.91. The van der Waals surface area contributed by atoms with Gasteiger partial charge in [0.1, 0.15) is 0 Å². The van der Waals surface area contributed by atoms with Crippen LogP contribution in [0.3, 0.4) is 0 Å². The van der Waals surface area contributed by atoms with Gasteiger partial charge in [0.05, 0.1) is 0 Å². The van der Waals surface area contributed by atoms with Crippen LogP contribution in [0.1, 0.15) is 39.5 Å². The average molecular weight is 241 g/mol. The molecule has 0 spiro atoms. The normalized spacial score (nSPS) is 24.5. The highest BCUT2D eigenvalue weighted by Gasteiger charge is 2.23. The van der Waals surface area contributed by atoms with Crippen molar-refractivity contribution in [2.75, 3.05) is 26.7 Å². The Morgan fingerprint density at radius 3 is 2.59 bits per heavy atom. The Morgan fingerprint density at radius 2 is 2.00 bits per heavy atom. The highest BCUT2D eigenvalue weighted by atomic mass is 16.2. The van der Waals surface area contributed by atoms with E-state index in [2.05, 4.69) is 22.6 Å². The highest BCUT2D eigenvalue weighted by molar-refractivity contribution is 5.74. The first-order chi connectivity index (χ1) is 8.24. The van der Waals surface area contributed by atoms with Crippen LogP contribution in [0.5, 0.6) is 0 Å². The number of nitrogens with one attached hydrogen (secondary N) is 2. The lowest BCUT2D eigenvalue weighted by atomic mass is 9.99. The van der Waals surface area contributed by atoms with Crippen molar-refractivity contribution in [2.24, 2.45) is 5.92 Å². The van der Waals surface area contributed by atoms with Gasteiger partial charge in [-0.05, 0) is 45.2 Å². The lowest BCUT2D eigenvalue weighted by Gasteiger charge is -2.29. The van der Waals surface area contributed by atoms with E-state index < -0.39 is 0 Å². The van der Waals surface area contributed by atoms with Gasteiger partial charge in [0.2, 0.25) is 0 Å². The molecule has 1 heterocycles. The molecule has 2 aliphatic rings. The molecular formula is C13H27N3O. The maximum atomic E-state index is 11.4. The number of likely N-dealkylation sites (tertiary alicyclic amines) is 1. The van der Waals surface area contributed by atoms with Gasteiger partial charge in [0.25, 0.3) is 0 Å². The van der Waals surface area contributed by atoms with E-state index in [0.717, 1.165) is 25.9 Å². The number of nitrogens with zero attached hydrogens (tertiary/aromatic N) is 1. The Labute approximate surface area is 105 Å². The molecule has 2 amide bonds. The third-order valence-electron chi connectivity index (χ3n) is 3.19. The molecule has 2 fully saturated rings. The SMILES string of the molecule is CC.CN1CCCC(CNC(=O)NC2CC2)C1. The maximum Gasteiger partial charge on any atom is 0.315 e. The van der Waals surface area contributed by atoms with Gasteiger partial charge in [-0.2, -0.15) is 0 Å².